The first kappa shape index (κ1) is 15.9. The fourth-order valence-corrected chi connectivity index (χ4v) is 4.12. The lowest BCUT2D eigenvalue weighted by Gasteiger charge is -2.17. The van der Waals surface area contributed by atoms with E-state index in [9.17, 15) is 8.42 Å². The Hall–Kier alpha value is -1.99. The summed E-state index contributed by atoms with van der Waals surface area (Å²) in [5.41, 5.74) is 1.61. The molecule has 1 aromatic carbocycles. The van der Waals surface area contributed by atoms with Gasteiger partial charge in [-0.05, 0) is 25.0 Å². The van der Waals surface area contributed by atoms with Gasteiger partial charge < -0.3 is 4.74 Å². The van der Waals surface area contributed by atoms with Crippen molar-refractivity contribution in [3.63, 3.8) is 0 Å². The monoisotopic (exact) mass is 333 g/mol. The van der Waals surface area contributed by atoms with Gasteiger partial charge in [-0.1, -0.05) is 30.3 Å². The zero-order valence-corrected chi connectivity index (χ0v) is 13.7. The van der Waals surface area contributed by atoms with Crippen LogP contribution in [0.3, 0.4) is 0 Å². The highest BCUT2D eigenvalue weighted by molar-refractivity contribution is 7.88. The van der Waals surface area contributed by atoms with Crippen molar-refractivity contribution in [3.8, 4) is 5.88 Å². The van der Waals surface area contributed by atoms with Gasteiger partial charge in [-0.25, -0.2) is 8.42 Å². The van der Waals surface area contributed by atoms with E-state index in [1.807, 2.05) is 43.3 Å². The summed E-state index contributed by atoms with van der Waals surface area (Å²) in [7, 11) is -3.33. The third-order valence-corrected chi connectivity index (χ3v) is 5.57. The molecule has 0 bridgehead atoms. The molecule has 1 aliphatic heterocycles. The van der Waals surface area contributed by atoms with Crippen LogP contribution in [0.25, 0.3) is 0 Å². The molecule has 0 saturated carbocycles. The molecule has 0 N–H and O–H groups in total. The molecule has 1 aromatic heterocycles. The van der Waals surface area contributed by atoms with Gasteiger partial charge >= 0.3 is 0 Å². The first-order chi connectivity index (χ1) is 11.0. The summed E-state index contributed by atoms with van der Waals surface area (Å²) < 4.78 is 32.2. The second kappa shape index (κ2) is 6.64. The number of benzene rings is 1. The Morgan fingerprint density at radius 3 is 2.65 bits per heavy atom. The fourth-order valence-electron chi connectivity index (χ4n) is 2.54. The summed E-state index contributed by atoms with van der Waals surface area (Å²) in [6.45, 7) is 2.67. The van der Waals surface area contributed by atoms with Crippen molar-refractivity contribution < 1.29 is 13.2 Å². The summed E-state index contributed by atoms with van der Waals surface area (Å²) in [5, 5.41) is 7.89. The largest absolute Gasteiger partial charge is 0.472 e. The van der Waals surface area contributed by atoms with Crippen LogP contribution in [-0.2, 0) is 15.8 Å². The molecule has 1 fully saturated rings. The van der Waals surface area contributed by atoms with Crippen LogP contribution in [-0.4, -0.2) is 42.1 Å². The van der Waals surface area contributed by atoms with E-state index in [2.05, 4.69) is 10.2 Å². The summed E-state index contributed by atoms with van der Waals surface area (Å²) in [5.74, 6) is 0.452. The van der Waals surface area contributed by atoms with Gasteiger partial charge in [-0.3, -0.25) is 0 Å². The average Bonchev–Trinajstić information content (AvgIpc) is 3.00. The Labute approximate surface area is 136 Å². The summed E-state index contributed by atoms with van der Waals surface area (Å²) in [6.07, 6.45) is 0.474. The SMILES string of the molecule is Cc1ccc(OC2CCN(S(=O)(=O)Cc3ccccc3)C2)nn1. The maximum atomic E-state index is 12.5. The predicted octanol–water partition coefficient (Wildman–Crippen LogP) is 1.77. The van der Waals surface area contributed by atoms with Gasteiger partial charge in [-0.2, -0.15) is 9.40 Å². The average molecular weight is 333 g/mol. The Kier molecular flexibility index (Phi) is 4.58. The van der Waals surface area contributed by atoms with E-state index >= 15 is 0 Å². The zero-order chi connectivity index (χ0) is 16.3. The van der Waals surface area contributed by atoms with E-state index in [-0.39, 0.29) is 11.9 Å². The van der Waals surface area contributed by atoms with Gasteiger partial charge in [0.15, 0.2) is 0 Å². The van der Waals surface area contributed by atoms with E-state index < -0.39 is 10.0 Å². The molecule has 7 heteroatoms. The van der Waals surface area contributed by atoms with E-state index in [0.29, 0.717) is 25.4 Å². The van der Waals surface area contributed by atoms with Gasteiger partial charge in [0.1, 0.15) is 6.10 Å². The first-order valence-corrected chi connectivity index (χ1v) is 9.12. The smallest absolute Gasteiger partial charge is 0.233 e. The summed E-state index contributed by atoms with van der Waals surface area (Å²) in [4.78, 5) is 0. The Morgan fingerprint density at radius 2 is 1.96 bits per heavy atom. The number of nitrogens with zero attached hydrogens (tertiary/aromatic N) is 3. The predicted molar refractivity (Wildman–Crippen MR) is 86.4 cm³/mol. The zero-order valence-electron chi connectivity index (χ0n) is 12.9. The Bertz CT molecular complexity index is 748. The van der Waals surface area contributed by atoms with Crippen LogP contribution in [0.15, 0.2) is 42.5 Å². The molecule has 2 aromatic rings. The van der Waals surface area contributed by atoms with Gasteiger partial charge in [0.05, 0.1) is 18.0 Å². The minimum atomic E-state index is -3.33. The van der Waals surface area contributed by atoms with Crippen LogP contribution in [0.1, 0.15) is 17.7 Å². The van der Waals surface area contributed by atoms with Crippen molar-refractivity contribution >= 4 is 10.0 Å². The molecule has 0 spiro atoms. The molecule has 3 rings (SSSR count). The second-order valence-electron chi connectivity index (χ2n) is 5.64. The van der Waals surface area contributed by atoms with Crippen LogP contribution >= 0.6 is 0 Å². The Balaban J connectivity index is 1.61. The van der Waals surface area contributed by atoms with Crippen LogP contribution < -0.4 is 4.74 Å². The number of sulfonamides is 1. The highest BCUT2D eigenvalue weighted by atomic mass is 32.2. The number of ether oxygens (including phenoxy) is 1. The third-order valence-electron chi connectivity index (χ3n) is 3.75. The maximum absolute atomic E-state index is 12.5. The molecular weight excluding hydrogens is 314 g/mol. The minimum absolute atomic E-state index is 0.0187. The number of rotatable bonds is 5. The molecular formula is C16H19N3O3S. The lowest BCUT2D eigenvalue weighted by Crippen LogP contribution is -2.32. The molecule has 23 heavy (non-hydrogen) atoms. The summed E-state index contributed by atoms with van der Waals surface area (Å²) in [6, 6.07) is 12.8. The maximum Gasteiger partial charge on any atom is 0.233 e. The summed E-state index contributed by atoms with van der Waals surface area (Å²) >= 11 is 0. The van der Waals surface area contributed by atoms with E-state index in [4.69, 9.17) is 4.74 Å². The van der Waals surface area contributed by atoms with Crippen LogP contribution in [0, 0.1) is 6.92 Å². The lowest BCUT2D eigenvalue weighted by atomic mass is 10.2. The normalized spacial score (nSPS) is 18.9. The van der Waals surface area contributed by atoms with E-state index in [1.54, 1.807) is 6.07 Å². The fraction of sp³-hybridized carbons (Fsp3) is 0.375. The lowest BCUT2D eigenvalue weighted by molar-refractivity contribution is 0.204. The van der Waals surface area contributed by atoms with E-state index in [0.717, 1.165) is 11.3 Å². The molecule has 6 nitrogen and oxygen atoms in total. The van der Waals surface area contributed by atoms with Crippen molar-refractivity contribution in [1.29, 1.82) is 0 Å². The highest BCUT2D eigenvalue weighted by Gasteiger charge is 2.32. The standard InChI is InChI=1S/C16H19N3O3S/c1-13-7-8-16(18-17-13)22-15-9-10-19(11-15)23(20,21)12-14-5-3-2-4-6-14/h2-8,15H,9-12H2,1H3. The molecule has 122 valence electrons. The molecule has 1 saturated heterocycles. The number of aromatic nitrogens is 2. The highest BCUT2D eigenvalue weighted by Crippen LogP contribution is 2.21. The van der Waals surface area contributed by atoms with Crippen molar-refractivity contribution in [2.75, 3.05) is 13.1 Å². The molecule has 0 radical (unpaired) electrons. The third kappa shape index (κ3) is 4.05. The molecule has 1 aliphatic rings. The van der Waals surface area contributed by atoms with Crippen molar-refractivity contribution in [3.05, 3.63) is 53.7 Å². The first-order valence-electron chi connectivity index (χ1n) is 7.52. The van der Waals surface area contributed by atoms with Gasteiger partial charge in [0.25, 0.3) is 0 Å². The van der Waals surface area contributed by atoms with Gasteiger partial charge in [-0.15, -0.1) is 5.10 Å². The van der Waals surface area contributed by atoms with E-state index in [1.165, 1.54) is 4.31 Å². The Morgan fingerprint density at radius 1 is 1.17 bits per heavy atom. The molecule has 2 heterocycles. The number of hydrogen-bond acceptors (Lipinski definition) is 5. The molecule has 0 aliphatic carbocycles. The van der Waals surface area contributed by atoms with Crippen LogP contribution in [0.5, 0.6) is 5.88 Å². The van der Waals surface area contributed by atoms with Crippen molar-refractivity contribution in [1.82, 2.24) is 14.5 Å². The number of hydrogen-bond donors (Lipinski definition) is 0. The minimum Gasteiger partial charge on any atom is -0.472 e. The quantitative estimate of drug-likeness (QED) is 0.834. The van der Waals surface area contributed by atoms with Gasteiger partial charge in [0, 0.05) is 12.6 Å². The van der Waals surface area contributed by atoms with Crippen LogP contribution in [0.2, 0.25) is 0 Å². The second-order valence-corrected chi connectivity index (χ2v) is 7.61. The van der Waals surface area contributed by atoms with Crippen molar-refractivity contribution in [2.45, 2.75) is 25.2 Å². The molecule has 1 unspecified atom stereocenters. The van der Waals surface area contributed by atoms with Gasteiger partial charge in [0.2, 0.25) is 15.9 Å². The molecule has 0 amide bonds. The molecule has 1 atom stereocenters. The topological polar surface area (TPSA) is 72.4 Å². The van der Waals surface area contributed by atoms with Crippen molar-refractivity contribution in [2.24, 2.45) is 0 Å². The number of aryl methyl sites for hydroxylation is 1. The van der Waals surface area contributed by atoms with Crippen LogP contribution in [0.4, 0.5) is 0 Å².